The van der Waals surface area contributed by atoms with E-state index < -0.39 is 0 Å². The zero-order valence-corrected chi connectivity index (χ0v) is 16.6. The zero-order valence-electron chi connectivity index (χ0n) is 16.6. The molecule has 0 spiro atoms. The smallest absolute Gasteiger partial charge is 0.265 e. The Balaban J connectivity index is 1.42. The molecule has 0 saturated heterocycles. The van der Waals surface area contributed by atoms with Gasteiger partial charge in [-0.3, -0.25) is 14.2 Å². The number of aromatic nitrogens is 2. The third kappa shape index (κ3) is 3.08. The molecule has 0 aliphatic heterocycles. The van der Waals surface area contributed by atoms with Crippen LogP contribution in [0.2, 0.25) is 0 Å². The molecule has 3 aromatic carbocycles. The van der Waals surface area contributed by atoms with Gasteiger partial charge in [0, 0.05) is 5.56 Å². The Hall–Kier alpha value is -3.73. The standard InChI is InChI=1S/C25H21N3O2/c1-16-26-22-9-5-4-8-21(22)25(30)28(16)19-13-10-18(11-14-19)24(29)27-23-15-12-17-6-2-3-7-20(17)23/h2-11,13-14,23H,12,15H2,1H3,(H,27,29)/t23-/m0/s1. The summed E-state index contributed by atoms with van der Waals surface area (Å²) in [6.45, 7) is 1.81. The summed E-state index contributed by atoms with van der Waals surface area (Å²) in [4.78, 5) is 30.3. The van der Waals surface area contributed by atoms with E-state index in [1.165, 1.54) is 11.1 Å². The normalized spacial score (nSPS) is 15.2. The second kappa shape index (κ2) is 7.26. The van der Waals surface area contributed by atoms with E-state index in [0.29, 0.717) is 28.0 Å². The molecule has 1 N–H and O–H groups in total. The van der Waals surface area contributed by atoms with Crippen LogP contribution in [0.1, 0.15) is 39.8 Å². The SMILES string of the molecule is Cc1nc2ccccc2c(=O)n1-c1ccc(C(=O)N[C@H]2CCc3ccccc32)cc1. The van der Waals surface area contributed by atoms with Gasteiger partial charge in [-0.2, -0.15) is 0 Å². The number of nitrogens with one attached hydrogen (secondary N) is 1. The summed E-state index contributed by atoms with van der Waals surface area (Å²) in [5, 5.41) is 3.71. The fourth-order valence-electron chi connectivity index (χ4n) is 4.26. The molecule has 0 bridgehead atoms. The summed E-state index contributed by atoms with van der Waals surface area (Å²) in [6, 6.07) is 22.7. The van der Waals surface area contributed by atoms with Crippen LogP contribution >= 0.6 is 0 Å². The van der Waals surface area contributed by atoms with Crippen LogP contribution in [-0.4, -0.2) is 15.5 Å². The van der Waals surface area contributed by atoms with E-state index in [9.17, 15) is 9.59 Å². The van der Waals surface area contributed by atoms with Crippen molar-refractivity contribution in [3.8, 4) is 5.69 Å². The minimum atomic E-state index is -0.113. The first-order valence-corrected chi connectivity index (χ1v) is 10.1. The summed E-state index contributed by atoms with van der Waals surface area (Å²) >= 11 is 0. The minimum Gasteiger partial charge on any atom is -0.345 e. The van der Waals surface area contributed by atoms with E-state index in [1.54, 1.807) is 34.9 Å². The van der Waals surface area contributed by atoms with Crippen LogP contribution in [0.3, 0.4) is 0 Å². The molecule has 1 amide bonds. The van der Waals surface area contributed by atoms with Gasteiger partial charge in [-0.1, -0.05) is 36.4 Å². The van der Waals surface area contributed by atoms with Crippen molar-refractivity contribution >= 4 is 16.8 Å². The third-order valence-electron chi connectivity index (χ3n) is 5.77. The quantitative estimate of drug-likeness (QED) is 0.568. The van der Waals surface area contributed by atoms with Crippen molar-refractivity contribution in [2.24, 2.45) is 0 Å². The van der Waals surface area contributed by atoms with Gasteiger partial charge in [-0.05, 0) is 67.3 Å². The van der Waals surface area contributed by atoms with Crippen molar-refractivity contribution in [1.29, 1.82) is 0 Å². The van der Waals surface area contributed by atoms with Gasteiger partial charge in [0.15, 0.2) is 0 Å². The van der Waals surface area contributed by atoms with Crippen LogP contribution in [-0.2, 0) is 6.42 Å². The second-order valence-corrected chi connectivity index (χ2v) is 7.63. The molecule has 148 valence electrons. The lowest BCUT2D eigenvalue weighted by molar-refractivity contribution is 0.0936. The Bertz CT molecular complexity index is 1320. The predicted octanol–water partition coefficient (Wildman–Crippen LogP) is 4.11. The maximum Gasteiger partial charge on any atom is 0.265 e. The lowest BCUT2D eigenvalue weighted by Gasteiger charge is -2.15. The van der Waals surface area contributed by atoms with Gasteiger partial charge < -0.3 is 5.32 Å². The molecule has 1 atom stereocenters. The Morgan fingerprint density at radius 1 is 1.00 bits per heavy atom. The number of benzene rings is 3. The lowest BCUT2D eigenvalue weighted by atomic mass is 10.1. The fourth-order valence-corrected chi connectivity index (χ4v) is 4.26. The van der Waals surface area contributed by atoms with Gasteiger partial charge in [0.1, 0.15) is 5.82 Å². The maximum absolute atomic E-state index is 13.0. The molecule has 1 aromatic heterocycles. The largest absolute Gasteiger partial charge is 0.345 e. The van der Waals surface area contributed by atoms with Gasteiger partial charge in [-0.25, -0.2) is 4.98 Å². The highest BCUT2D eigenvalue weighted by Gasteiger charge is 2.23. The average Bonchev–Trinajstić information content (AvgIpc) is 3.17. The highest BCUT2D eigenvalue weighted by molar-refractivity contribution is 5.94. The highest BCUT2D eigenvalue weighted by Crippen LogP contribution is 2.30. The number of amides is 1. The molecule has 1 heterocycles. The van der Waals surface area contributed by atoms with E-state index in [0.717, 1.165) is 12.8 Å². The van der Waals surface area contributed by atoms with Crippen molar-refractivity contribution in [2.75, 3.05) is 0 Å². The Labute approximate surface area is 174 Å². The highest BCUT2D eigenvalue weighted by atomic mass is 16.1. The molecule has 5 heteroatoms. The van der Waals surface area contributed by atoms with Crippen molar-refractivity contribution in [2.45, 2.75) is 25.8 Å². The summed E-state index contributed by atoms with van der Waals surface area (Å²) in [7, 11) is 0. The topological polar surface area (TPSA) is 64.0 Å². The monoisotopic (exact) mass is 395 g/mol. The Morgan fingerprint density at radius 2 is 1.73 bits per heavy atom. The second-order valence-electron chi connectivity index (χ2n) is 7.63. The van der Waals surface area contributed by atoms with E-state index in [2.05, 4.69) is 22.4 Å². The van der Waals surface area contributed by atoms with E-state index >= 15 is 0 Å². The maximum atomic E-state index is 13.0. The van der Waals surface area contributed by atoms with Crippen molar-refractivity contribution in [1.82, 2.24) is 14.9 Å². The fraction of sp³-hybridized carbons (Fsp3) is 0.160. The van der Waals surface area contributed by atoms with Crippen LogP contribution in [0.25, 0.3) is 16.6 Å². The molecular formula is C25H21N3O2. The molecule has 0 saturated carbocycles. The number of nitrogens with zero attached hydrogens (tertiary/aromatic N) is 2. The predicted molar refractivity (Wildman–Crippen MR) is 117 cm³/mol. The minimum absolute atomic E-state index is 0.0444. The van der Waals surface area contributed by atoms with Crippen LogP contribution < -0.4 is 10.9 Å². The number of carbonyl (C=O) groups excluding carboxylic acids is 1. The van der Waals surface area contributed by atoms with Crippen LogP contribution in [0.5, 0.6) is 0 Å². The molecule has 4 aromatic rings. The molecule has 5 rings (SSSR count). The summed E-state index contributed by atoms with van der Waals surface area (Å²) in [6.07, 6.45) is 1.90. The van der Waals surface area contributed by atoms with E-state index in [-0.39, 0.29) is 17.5 Å². The number of fused-ring (bicyclic) bond motifs is 2. The Morgan fingerprint density at radius 3 is 2.57 bits per heavy atom. The first-order chi connectivity index (χ1) is 14.6. The van der Waals surface area contributed by atoms with Gasteiger partial charge in [-0.15, -0.1) is 0 Å². The third-order valence-corrected chi connectivity index (χ3v) is 5.77. The van der Waals surface area contributed by atoms with Crippen LogP contribution in [0.4, 0.5) is 0 Å². The molecule has 1 aliphatic rings. The summed E-state index contributed by atoms with van der Waals surface area (Å²) in [5.41, 5.74) is 4.34. The molecule has 0 fully saturated rings. The first kappa shape index (κ1) is 18.3. The van der Waals surface area contributed by atoms with Crippen LogP contribution in [0.15, 0.2) is 77.6 Å². The Kier molecular flexibility index (Phi) is 4.43. The number of aryl methyl sites for hydroxylation is 2. The van der Waals surface area contributed by atoms with Crippen molar-refractivity contribution < 1.29 is 4.79 Å². The molecule has 0 radical (unpaired) electrons. The van der Waals surface area contributed by atoms with Crippen molar-refractivity contribution in [3.05, 3.63) is 106 Å². The number of para-hydroxylation sites is 1. The van der Waals surface area contributed by atoms with Crippen molar-refractivity contribution in [3.63, 3.8) is 0 Å². The number of hydrogen-bond acceptors (Lipinski definition) is 3. The summed E-state index contributed by atoms with van der Waals surface area (Å²) < 4.78 is 1.58. The first-order valence-electron chi connectivity index (χ1n) is 10.1. The lowest BCUT2D eigenvalue weighted by Crippen LogP contribution is -2.27. The zero-order chi connectivity index (χ0) is 20.7. The van der Waals surface area contributed by atoms with E-state index in [1.807, 2.05) is 37.3 Å². The summed E-state index contributed by atoms with van der Waals surface area (Å²) in [5.74, 6) is 0.502. The number of carbonyl (C=O) groups is 1. The van der Waals surface area contributed by atoms with Gasteiger partial charge in [0.05, 0.1) is 22.6 Å². The molecule has 1 aliphatic carbocycles. The molecule has 0 unspecified atom stereocenters. The average molecular weight is 395 g/mol. The van der Waals surface area contributed by atoms with Gasteiger partial charge in [0.25, 0.3) is 11.5 Å². The molecule has 5 nitrogen and oxygen atoms in total. The van der Waals surface area contributed by atoms with E-state index in [4.69, 9.17) is 0 Å². The molecular weight excluding hydrogens is 374 g/mol. The number of rotatable bonds is 3. The number of hydrogen-bond donors (Lipinski definition) is 1. The molecule has 30 heavy (non-hydrogen) atoms. The van der Waals surface area contributed by atoms with Crippen LogP contribution in [0, 0.1) is 6.92 Å². The van der Waals surface area contributed by atoms with Gasteiger partial charge in [0.2, 0.25) is 0 Å². The van der Waals surface area contributed by atoms with Gasteiger partial charge >= 0.3 is 0 Å².